The van der Waals surface area contributed by atoms with Gasteiger partial charge < -0.3 is 9.78 Å². The molecular formula is C22H23NO2. The number of rotatable bonds is 6. The first kappa shape index (κ1) is 17.2. The number of carbonyl (C=O) groups excluding carboxylic acids is 2. The van der Waals surface area contributed by atoms with Crippen LogP contribution < -0.4 is 0 Å². The van der Waals surface area contributed by atoms with Crippen molar-refractivity contribution in [1.29, 1.82) is 0 Å². The van der Waals surface area contributed by atoms with Crippen LogP contribution in [-0.2, 0) is 11.2 Å². The van der Waals surface area contributed by atoms with E-state index in [1.807, 2.05) is 18.2 Å². The molecule has 0 saturated carbocycles. The molecule has 0 amide bonds. The van der Waals surface area contributed by atoms with Crippen LogP contribution in [0.15, 0.2) is 48.6 Å². The van der Waals surface area contributed by atoms with Crippen LogP contribution in [0.1, 0.15) is 60.4 Å². The molecule has 0 radical (unpaired) electrons. The van der Waals surface area contributed by atoms with E-state index >= 15 is 0 Å². The summed E-state index contributed by atoms with van der Waals surface area (Å²) in [5.41, 5.74) is 6.28. The van der Waals surface area contributed by atoms with Crippen LogP contribution in [0.5, 0.6) is 0 Å². The van der Waals surface area contributed by atoms with E-state index in [4.69, 9.17) is 0 Å². The predicted octanol–water partition coefficient (Wildman–Crippen LogP) is 5.00. The Hall–Kier alpha value is -2.68. The number of hydrogen-bond acceptors (Lipinski definition) is 2. The van der Waals surface area contributed by atoms with Crippen LogP contribution in [0.4, 0.5) is 0 Å². The van der Waals surface area contributed by atoms with Crippen LogP contribution in [0.25, 0.3) is 11.1 Å². The van der Waals surface area contributed by atoms with E-state index in [0.29, 0.717) is 6.42 Å². The molecule has 1 aliphatic carbocycles. The van der Waals surface area contributed by atoms with Crippen LogP contribution in [0.3, 0.4) is 0 Å². The van der Waals surface area contributed by atoms with Gasteiger partial charge in [-0.25, -0.2) is 0 Å². The van der Waals surface area contributed by atoms with Crippen molar-refractivity contribution in [1.82, 2.24) is 4.98 Å². The summed E-state index contributed by atoms with van der Waals surface area (Å²) in [7, 11) is 0. The Labute approximate surface area is 148 Å². The van der Waals surface area contributed by atoms with Gasteiger partial charge in [0.15, 0.2) is 5.78 Å². The van der Waals surface area contributed by atoms with Gasteiger partial charge in [-0.3, -0.25) is 4.79 Å². The average molecular weight is 333 g/mol. The lowest BCUT2D eigenvalue weighted by Crippen LogP contribution is -1.99. The van der Waals surface area contributed by atoms with Crippen molar-refractivity contribution < 1.29 is 9.59 Å². The van der Waals surface area contributed by atoms with Crippen LogP contribution in [0.2, 0.25) is 0 Å². The molecular weight excluding hydrogens is 310 g/mol. The molecule has 3 nitrogen and oxygen atoms in total. The zero-order valence-electron chi connectivity index (χ0n) is 14.8. The molecule has 0 aliphatic heterocycles. The summed E-state index contributed by atoms with van der Waals surface area (Å²) in [5, 5.41) is 0. The Morgan fingerprint density at radius 1 is 1.00 bits per heavy atom. The molecule has 25 heavy (non-hydrogen) atoms. The third-order valence-electron chi connectivity index (χ3n) is 4.52. The zero-order valence-corrected chi connectivity index (χ0v) is 14.8. The summed E-state index contributed by atoms with van der Waals surface area (Å²) in [6, 6.07) is 11.9. The number of nitrogens with one attached hydrogen (secondary N) is 1. The number of Topliss-reactive ketones (excluding diaryl/α,β-unsaturated/α-hetero) is 2. The molecule has 3 rings (SSSR count). The van der Waals surface area contributed by atoms with E-state index in [1.54, 1.807) is 13.8 Å². The largest absolute Gasteiger partial charge is 0.358 e. The molecule has 0 bridgehead atoms. The van der Waals surface area contributed by atoms with Gasteiger partial charge in [0.25, 0.3) is 0 Å². The van der Waals surface area contributed by atoms with E-state index in [9.17, 15) is 9.59 Å². The van der Waals surface area contributed by atoms with E-state index in [0.717, 1.165) is 47.4 Å². The Morgan fingerprint density at radius 2 is 1.76 bits per heavy atom. The molecule has 0 saturated heterocycles. The normalized spacial score (nSPS) is 14.0. The Bertz CT molecular complexity index is 868. The summed E-state index contributed by atoms with van der Waals surface area (Å²) in [6.45, 7) is 3.22. The highest BCUT2D eigenvalue weighted by Gasteiger charge is 2.15. The molecule has 1 N–H and O–H groups in total. The molecule has 0 spiro atoms. The van der Waals surface area contributed by atoms with Crippen molar-refractivity contribution in [3.05, 3.63) is 71.1 Å². The van der Waals surface area contributed by atoms with Gasteiger partial charge in [0.1, 0.15) is 5.78 Å². The number of benzene rings is 1. The summed E-state index contributed by atoms with van der Waals surface area (Å²) in [4.78, 5) is 26.3. The second-order valence-electron chi connectivity index (χ2n) is 6.55. The highest BCUT2D eigenvalue weighted by atomic mass is 16.1. The first-order valence-electron chi connectivity index (χ1n) is 8.74. The number of H-pyrrole nitrogens is 1. The Morgan fingerprint density at radius 3 is 2.48 bits per heavy atom. The van der Waals surface area contributed by atoms with Crippen molar-refractivity contribution >= 4 is 22.7 Å². The molecule has 0 fully saturated rings. The van der Waals surface area contributed by atoms with Crippen molar-refractivity contribution in [2.45, 2.75) is 39.5 Å². The topological polar surface area (TPSA) is 49.9 Å². The highest BCUT2D eigenvalue weighted by molar-refractivity contribution is 6.06. The number of aromatic nitrogens is 1. The molecule has 0 unspecified atom stereocenters. The van der Waals surface area contributed by atoms with E-state index in [1.165, 1.54) is 5.57 Å². The minimum absolute atomic E-state index is 0.0789. The molecule has 1 aromatic heterocycles. The lowest BCUT2D eigenvalue weighted by molar-refractivity contribution is -0.117. The second kappa shape index (κ2) is 7.47. The summed E-state index contributed by atoms with van der Waals surface area (Å²) < 4.78 is 0. The maximum Gasteiger partial charge on any atom is 0.159 e. The number of allylic oxidation sites excluding steroid dienone is 4. The van der Waals surface area contributed by atoms with Crippen molar-refractivity contribution in [2.24, 2.45) is 0 Å². The number of aryl methyl sites for hydroxylation is 1. The predicted molar refractivity (Wildman–Crippen MR) is 101 cm³/mol. The number of carbonyl (C=O) groups is 2. The van der Waals surface area contributed by atoms with Crippen molar-refractivity contribution in [2.75, 3.05) is 0 Å². The lowest BCUT2D eigenvalue weighted by Gasteiger charge is -2.16. The van der Waals surface area contributed by atoms with Crippen LogP contribution in [0, 0.1) is 0 Å². The molecule has 1 aromatic carbocycles. The number of aromatic amines is 1. The summed E-state index contributed by atoms with van der Waals surface area (Å²) in [5.74, 6) is 0.282. The van der Waals surface area contributed by atoms with Gasteiger partial charge in [0, 0.05) is 28.9 Å². The zero-order chi connectivity index (χ0) is 17.8. The smallest absolute Gasteiger partial charge is 0.159 e. The number of ketones is 2. The minimum Gasteiger partial charge on any atom is -0.358 e. The lowest BCUT2D eigenvalue weighted by atomic mass is 9.89. The fourth-order valence-corrected chi connectivity index (χ4v) is 3.16. The highest BCUT2D eigenvalue weighted by Crippen LogP contribution is 2.35. The quantitative estimate of drug-likeness (QED) is 0.756. The third-order valence-corrected chi connectivity index (χ3v) is 4.52. The molecule has 2 aromatic rings. The van der Waals surface area contributed by atoms with Crippen molar-refractivity contribution in [3.63, 3.8) is 0 Å². The van der Waals surface area contributed by atoms with E-state index in [-0.39, 0.29) is 11.6 Å². The van der Waals surface area contributed by atoms with Crippen LogP contribution >= 0.6 is 0 Å². The van der Waals surface area contributed by atoms with E-state index < -0.39 is 0 Å². The van der Waals surface area contributed by atoms with Gasteiger partial charge >= 0.3 is 0 Å². The Balaban J connectivity index is 1.89. The standard InChI is InChI=1S/C22H23NO2/c1-15(24)10-11-19-12-13-22(23-19)21-9-4-3-8-20(21)18-7-5-6-17(14-18)16(2)25/h5-9,12-14,23H,3-4,10-11H2,1-2H3. The second-order valence-corrected chi connectivity index (χ2v) is 6.55. The van der Waals surface area contributed by atoms with Gasteiger partial charge in [-0.2, -0.15) is 0 Å². The molecule has 3 heteroatoms. The molecule has 0 atom stereocenters. The van der Waals surface area contributed by atoms with Crippen LogP contribution in [-0.4, -0.2) is 16.6 Å². The summed E-state index contributed by atoms with van der Waals surface area (Å²) in [6.07, 6.45) is 7.79. The van der Waals surface area contributed by atoms with Gasteiger partial charge in [-0.15, -0.1) is 0 Å². The third kappa shape index (κ3) is 4.05. The van der Waals surface area contributed by atoms with E-state index in [2.05, 4.69) is 35.3 Å². The molecule has 1 heterocycles. The monoisotopic (exact) mass is 333 g/mol. The Kier molecular flexibility index (Phi) is 5.13. The SMILES string of the molecule is CC(=O)CCc1ccc(C2=CCCC=C2c2cccc(C(C)=O)c2)[nH]1. The van der Waals surface area contributed by atoms with Crippen molar-refractivity contribution in [3.8, 4) is 0 Å². The fraction of sp³-hybridized carbons (Fsp3) is 0.273. The maximum atomic E-state index is 11.7. The first-order chi connectivity index (χ1) is 12.0. The van der Waals surface area contributed by atoms with Gasteiger partial charge in [-0.1, -0.05) is 30.4 Å². The molecule has 1 aliphatic rings. The maximum absolute atomic E-state index is 11.7. The summed E-state index contributed by atoms with van der Waals surface area (Å²) >= 11 is 0. The first-order valence-corrected chi connectivity index (χ1v) is 8.74. The average Bonchev–Trinajstić information content (AvgIpc) is 3.09. The van der Waals surface area contributed by atoms with Gasteiger partial charge in [0.2, 0.25) is 0 Å². The number of hydrogen-bond donors (Lipinski definition) is 1. The van der Waals surface area contributed by atoms with Gasteiger partial charge in [-0.05, 0) is 62.4 Å². The minimum atomic E-state index is 0.0789. The van der Waals surface area contributed by atoms with Gasteiger partial charge in [0.05, 0.1) is 0 Å². The fourth-order valence-electron chi connectivity index (χ4n) is 3.16. The molecule has 128 valence electrons.